The summed E-state index contributed by atoms with van der Waals surface area (Å²) in [6, 6.07) is 13.1. The van der Waals surface area contributed by atoms with E-state index in [0.717, 1.165) is 17.6 Å². The van der Waals surface area contributed by atoms with Crippen LogP contribution >= 0.6 is 11.3 Å². The molecule has 3 N–H and O–H groups in total. The van der Waals surface area contributed by atoms with Crippen molar-refractivity contribution < 1.29 is 26.3 Å². The van der Waals surface area contributed by atoms with Gasteiger partial charge < -0.3 is 5.73 Å². The lowest BCUT2D eigenvalue weighted by Gasteiger charge is -2.08. The summed E-state index contributed by atoms with van der Waals surface area (Å²) >= 11 is 0.998. The van der Waals surface area contributed by atoms with Crippen molar-refractivity contribution in [1.29, 1.82) is 0 Å². The first kappa shape index (κ1) is 20.7. The van der Waals surface area contributed by atoms with Gasteiger partial charge in [0.05, 0.1) is 11.1 Å². The largest absolute Gasteiger partial charge is 0.367 e. The Morgan fingerprint density at radius 1 is 1.21 bits per heavy atom. The predicted molar refractivity (Wildman–Crippen MR) is 107 cm³/mol. The molecule has 0 aliphatic heterocycles. The Balaban J connectivity index is 1.96. The van der Waals surface area contributed by atoms with Crippen LogP contribution in [0.1, 0.15) is 21.7 Å². The van der Waals surface area contributed by atoms with E-state index in [1.807, 2.05) is 0 Å². The normalized spacial score (nSPS) is 12.3. The lowest BCUT2D eigenvalue weighted by molar-refractivity contribution is 0.0975. The summed E-state index contributed by atoms with van der Waals surface area (Å²) < 4.78 is 53.9. The molecule has 0 atom stereocenters. The number of amides is 1. The minimum absolute atomic E-state index is 0.0913. The summed E-state index contributed by atoms with van der Waals surface area (Å²) in [5.74, 6) is -1.27. The van der Waals surface area contributed by atoms with Gasteiger partial charge in [-0.1, -0.05) is 30.3 Å². The monoisotopic (exact) mass is 439 g/mol. The van der Waals surface area contributed by atoms with Crippen LogP contribution in [0.4, 0.5) is 8.78 Å². The highest BCUT2D eigenvalue weighted by Gasteiger charge is 2.21. The smallest absolute Gasteiger partial charge is 0.325 e. The SMILES string of the molecule is CS(=O)(=O)ON=C(N)NC(=O)c1cccc(-c2c(C(F)F)sc3ccccc23)c1. The van der Waals surface area contributed by atoms with Gasteiger partial charge in [0.25, 0.3) is 12.3 Å². The molecule has 3 rings (SSSR count). The van der Waals surface area contributed by atoms with E-state index >= 15 is 0 Å². The Labute approximate surface area is 168 Å². The van der Waals surface area contributed by atoms with Gasteiger partial charge in [-0.05, 0) is 28.9 Å². The van der Waals surface area contributed by atoms with Gasteiger partial charge in [0.15, 0.2) is 0 Å². The predicted octanol–water partition coefficient (Wildman–Crippen LogP) is 3.44. The number of carbonyl (C=O) groups is 1. The molecule has 0 saturated carbocycles. The first-order chi connectivity index (χ1) is 13.7. The quantitative estimate of drug-likeness (QED) is 0.359. The number of hydrogen-bond donors (Lipinski definition) is 2. The van der Waals surface area contributed by atoms with Crippen molar-refractivity contribution in [3.63, 3.8) is 0 Å². The molecule has 0 saturated heterocycles. The van der Waals surface area contributed by atoms with Gasteiger partial charge in [-0.15, -0.1) is 11.3 Å². The molecule has 1 heterocycles. The van der Waals surface area contributed by atoms with Gasteiger partial charge in [0.2, 0.25) is 5.96 Å². The summed E-state index contributed by atoms with van der Waals surface area (Å²) in [7, 11) is -3.88. The van der Waals surface area contributed by atoms with Crippen molar-refractivity contribution in [2.24, 2.45) is 10.9 Å². The molecular formula is C18H15F2N3O4S2. The zero-order valence-electron chi connectivity index (χ0n) is 14.9. The molecule has 152 valence electrons. The summed E-state index contributed by atoms with van der Waals surface area (Å²) in [6.45, 7) is 0. The highest BCUT2D eigenvalue weighted by Crippen LogP contribution is 2.43. The van der Waals surface area contributed by atoms with Crippen molar-refractivity contribution in [3.8, 4) is 11.1 Å². The number of rotatable bonds is 5. The molecule has 0 unspecified atom stereocenters. The summed E-state index contributed by atoms with van der Waals surface area (Å²) in [6.07, 6.45) is -1.91. The van der Waals surface area contributed by atoms with Gasteiger partial charge >= 0.3 is 10.1 Å². The van der Waals surface area contributed by atoms with Crippen LogP contribution < -0.4 is 11.1 Å². The maximum Gasteiger partial charge on any atom is 0.325 e. The number of nitrogens with one attached hydrogen (secondary N) is 1. The fraction of sp³-hybridized carbons (Fsp3) is 0.111. The lowest BCUT2D eigenvalue weighted by Crippen LogP contribution is -2.37. The number of halogens is 2. The number of nitrogens with zero attached hydrogens (tertiary/aromatic N) is 1. The van der Waals surface area contributed by atoms with Gasteiger partial charge in [-0.2, -0.15) is 8.42 Å². The molecule has 0 aliphatic carbocycles. The van der Waals surface area contributed by atoms with Crippen LogP contribution in [0.3, 0.4) is 0 Å². The highest BCUT2D eigenvalue weighted by molar-refractivity contribution is 7.85. The molecule has 1 aromatic heterocycles. The van der Waals surface area contributed by atoms with E-state index in [-0.39, 0.29) is 10.4 Å². The van der Waals surface area contributed by atoms with Crippen molar-refractivity contribution in [3.05, 3.63) is 59.0 Å². The second kappa shape index (κ2) is 8.13. The number of carbonyl (C=O) groups excluding carboxylic acids is 1. The second-order valence-corrected chi connectivity index (χ2v) is 8.57. The molecule has 11 heteroatoms. The standard InChI is InChI=1S/C18H15F2N3O4S2/c1-29(25,26)27-23-18(21)22-17(24)11-6-4-5-10(9-11)14-12-7-2-3-8-13(12)28-15(14)16(19)20/h2-9,16H,1H3,(H3,21,22,23,24). The first-order valence-electron chi connectivity index (χ1n) is 8.09. The van der Waals surface area contributed by atoms with Crippen molar-refractivity contribution in [2.45, 2.75) is 6.43 Å². The Morgan fingerprint density at radius 2 is 1.93 bits per heavy atom. The Hall–Kier alpha value is -3.05. The summed E-state index contributed by atoms with van der Waals surface area (Å²) in [5, 5.41) is 5.92. The molecule has 3 aromatic rings. The number of alkyl halides is 2. The van der Waals surface area contributed by atoms with Gasteiger partial charge in [-0.25, -0.2) is 8.78 Å². The molecule has 1 amide bonds. The maximum absolute atomic E-state index is 13.6. The topological polar surface area (TPSA) is 111 Å². The van der Waals surface area contributed by atoms with Crippen molar-refractivity contribution in [2.75, 3.05) is 6.26 Å². The summed E-state index contributed by atoms with van der Waals surface area (Å²) in [5.41, 5.74) is 6.34. The van der Waals surface area contributed by atoms with Crippen molar-refractivity contribution in [1.82, 2.24) is 5.32 Å². The van der Waals surface area contributed by atoms with Gasteiger partial charge in [0, 0.05) is 21.2 Å². The molecule has 7 nitrogen and oxygen atoms in total. The van der Waals surface area contributed by atoms with Gasteiger partial charge in [-0.3, -0.25) is 14.4 Å². The molecule has 0 spiro atoms. The van der Waals surface area contributed by atoms with Gasteiger partial charge in [0.1, 0.15) is 0 Å². The number of nitrogens with two attached hydrogens (primary N) is 1. The molecule has 29 heavy (non-hydrogen) atoms. The maximum atomic E-state index is 13.6. The van der Waals surface area contributed by atoms with Crippen LogP contribution in [0.15, 0.2) is 53.7 Å². The third-order valence-corrected chi connectivity index (χ3v) is 5.27. The van der Waals surface area contributed by atoms with E-state index in [1.54, 1.807) is 36.4 Å². The van der Waals surface area contributed by atoms with Crippen LogP contribution in [-0.2, 0) is 14.4 Å². The van der Waals surface area contributed by atoms with E-state index in [0.29, 0.717) is 21.2 Å². The van der Waals surface area contributed by atoms with E-state index in [2.05, 4.69) is 14.8 Å². The lowest BCUT2D eigenvalue weighted by atomic mass is 9.99. The number of fused-ring (bicyclic) bond motifs is 1. The molecule has 0 radical (unpaired) electrons. The van der Waals surface area contributed by atoms with Crippen molar-refractivity contribution >= 4 is 43.4 Å². The van der Waals surface area contributed by atoms with E-state index < -0.39 is 28.4 Å². The average Bonchev–Trinajstić information content (AvgIpc) is 3.06. The van der Waals surface area contributed by atoms with E-state index in [9.17, 15) is 22.0 Å². The molecular weight excluding hydrogens is 424 g/mol. The Morgan fingerprint density at radius 3 is 2.62 bits per heavy atom. The van der Waals surface area contributed by atoms with E-state index in [1.165, 1.54) is 12.1 Å². The molecule has 0 fully saturated rings. The summed E-state index contributed by atoms with van der Waals surface area (Å²) in [4.78, 5) is 12.3. The average molecular weight is 439 g/mol. The third kappa shape index (κ3) is 4.87. The second-order valence-electron chi connectivity index (χ2n) is 5.93. The zero-order valence-corrected chi connectivity index (χ0v) is 16.6. The number of hydrogen-bond acceptors (Lipinski definition) is 6. The highest BCUT2D eigenvalue weighted by atomic mass is 32.2. The number of guanidine groups is 1. The van der Waals surface area contributed by atoms with Crippen LogP contribution in [0.5, 0.6) is 0 Å². The first-order valence-corrected chi connectivity index (χ1v) is 10.7. The minimum atomic E-state index is -3.88. The number of oxime groups is 1. The fourth-order valence-electron chi connectivity index (χ4n) is 2.65. The molecule has 2 aromatic carbocycles. The molecule has 0 bridgehead atoms. The Bertz CT molecular complexity index is 1210. The van der Waals surface area contributed by atoms with Crippen LogP contribution in [0.2, 0.25) is 0 Å². The minimum Gasteiger partial charge on any atom is -0.367 e. The number of thiophene rings is 1. The number of benzene rings is 2. The zero-order chi connectivity index (χ0) is 21.2. The third-order valence-electron chi connectivity index (χ3n) is 3.75. The molecule has 0 aliphatic rings. The fourth-order valence-corrected chi connectivity index (χ4v) is 3.95. The van der Waals surface area contributed by atoms with Crippen LogP contribution in [0.25, 0.3) is 21.2 Å². The van der Waals surface area contributed by atoms with E-state index in [4.69, 9.17) is 5.73 Å². The Kier molecular flexibility index (Phi) is 5.80. The van der Waals surface area contributed by atoms with Crippen LogP contribution in [-0.4, -0.2) is 26.5 Å². The van der Waals surface area contributed by atoms with Crippen LogP contribution in [0, 0.1) is 0 Å².